The number of nitrogens with one attached hydrogen (secondary N) is 1. The van der Waals surface area contributed by atoms with E-state index >= 15 is 0 Å². The van der Waals surface area contributed by atoms with E-state index in [0.717, 1.165) is 24.5 Å². The van der Waals surface area contributed by atoms with Gasteiger partial charge in [-0.05, 0) is 18.6 Å². The average molecular weight is 261 g/mol. The van der Waals surface area contributed by atoms with E-state index in [0.29, 0.717) is 0 Å². The van der Waals surface area contributed by atoms with E-state index in [1.165, 1.54) is 10.6 Å². The van der Waals surface area contributed by atoms with Gasteiger partial charge in [-0.25, -0.2) is 0 Å². The van der Waals surface area contributed by atoms with Crippen LogP contribution in [0.25, 0.3) is 0 Å². The predicted octanol–water partition coefficient (Wildman–Crippen LogP) is 2.61. The molecule has 0 aliphatic heterocycles. The first-order valence-electron chi connectivity index (χ1n) is 6.14. The lowest BCUT2D eigenvalue weighted by Gasteiger charge is -2.05. The fraction of sp³-hybridized carbons (Fsp3) is 0.357. The van der Waals surface area contributed by atoms with E-state index in [2.05, 4.69) is 40.7 Å². The molecule has 0 amide bonds. The maximum Gasteiger partial charge on any atom is 0.0939 e. The summed E-state index contributed by atoms with van der Waals surface area (Å²) in [4.78, 5) is 0. The zero-order chi connectivity index (χ0) is 12.8. The van der Waals surface area contributed by atoms with Crippen LogP contribution in [0.1, 0.15) is 11.3 Å². The Balaban J connectivity index is 1.66. The topological polar surface area (TPSA) is 29.9 Å². The number of hydrogen-bond donors (Lipinski definition) is 1. The Kier molecular flexibility index (Phi) is 4.84. The van der Waals surface area contributed by atoms with Crippen LogP contribution < -0.4 is 5.32 Å². The number of nitrogens with zero attached hydrogens (tertiary/aromatic N) is 2. The maximum absolute atomic E-state index is 4.33. The van der Waals surface area contributed by atoms with E-state index in [1.807, 2.05) is 36.5 Å². The van der Waals surface area contributed by atoms with Crippen molar-refractivity contribution < 1.29 is 0 Å². The summed E-state index contributed by atoms with van der Waals surface area (Å²) in [5.74, 6) is 1.06. The minimum atomic E-state index is 0.936. The van der Waals surface area contributed by atoms with Gasteiger partial charge in [0.1, 0.15) is 0 Å². The van der Waals surface area contributed by atoms with Gasteiger partial charge in [-0.15, -0.1) is 11.8 Å². The molecule has 0 bridgehead atoms. The summed E-state index contributed by atoms with van der Waals surface area (Å²) >= 11 is 1.84. The quantitative estimate of drug-likeness (QED) is 0.640. The van der Waals surface area contributed by atoms with Crippen molar-refractivity contribution in [3.05, 3.63) is 47.7 Å². The van der Waals surface area contributed by atoms with Gasteiger partial charge in [-0.1, -0.05) is 30.3 Å². The van der Waals surface area contributed by atoms with Crippen LogP contribution in [0, 0.1) is 6.92 Å². The molecule has 1 aromatic heterocycles. The zero-order valence-corrected chi connectivity index (χ0v) is 11.7. The summed E-state index contributed by atoms with van der Waals surface area (Å²) in [6.45, 7) is 3.97. The molecule has 0 radical (unpaired) electrons. The van der Waals surface area contributed by atoms with Crippen molar-refractivity contribution in [1.82, 2.24) is 15.1 Å². The lowest BCUT2D eigenvalue weighted by Crippen LogP contribution is -2.16. The van der Waals surface area contributed by atoms with Gasteiger partial charge in [0, 0.05) is 25.9 Å². The molecule has 0 saturated heterocycles. The first-order chi connectivity index (χ1) is 8.75. The minimum absolute atomic E-state index is 0.936. The SMILES string of the molecule is Cc1cc(SCCNCc2ccccc2)n(C)n1. The number of benzene rings is 1. The molecule has 18 heavy (non-hydrogen) atoms. The second-order valence-corrected chi connectivity index (χ2v) is 5.37. The number of rotatable bonds is 6. The molecule has 4 heteroatoms. The predicted molar refractivity (Wildman–Crippen MR) is 76.8 cm³/mol. The molecule has 0 aliphatic carbocycles. The van der Waals surface area contributed by atoms with Gasteiger partial charge >= 0.3 is 0 Å². The van der Waals surface area contributed by atoms with E-state index in [4.69, 9.17) is 0 Å². The molecule has 3 nitrogen and oxygen atoms in total. The van der Waals surface area contributed by atoms with Gasteiger partial charge < -0.3 is 5.32 Å². The van der Waals surface area contributed by atoms with Gasteiger partial charge in [0.05, 0.1) is 10.7 Å². The lowest BCUT2D eigenvalue weighted by atomic mass is 10.2. The Labute approximate surface area is 113 Å². The average Bonchev–Trinajstić information content (AvgIpc) is 2.69. The third-order valence-corrected chi connectivity index (χ3v) is 3.75. The lowest BCUT2D eigenvalue weighted by molar-refractivity contribution is 0.690. The molecule has 96 valence electrons. The van der Waals surface area contributed by atoms with Crippen molar-refractivity contribution in [2.24, 2.45) is 7.05 Å². The first kappa shape index (κ1) is 13.2. The number of aryl methyl sites for hydroxylation is 2. The van der Waals surface area contributed by atoms with Gasteiger partial charge in [0.25, 0.3) is 0 Å². The Morgan fingerprint density at radius 1 is 1.28 bits per heavy atom. The van der Waals surface area contributed by atoms with Crippen LogP contribution in [0.2, 0.25) is 0 Å². The summed E-state index contributed by atoms with van der Waals surface area (Å²) in [6, 6.07) is 12.6. The summed E-state index contributed by atoms with van der Waals surface area (Å²) in [6.07, 6.45) is 0. The Morgan fingerprint density at radius 3 is 2.72 bits per heavy atom. The van der Waals surface area contributed by atoms with Crippen molar-refractivity contribution in [1.29, 1.82) is 0 Å². The van der Waals surface area contributed by atoms with Gasteiger partial charge in [0.2, 0.25) is 0 Å². The second-order valence-electron chi connectivity index (χ2n) is 4.26. The van der Waals surface area contributed by atoms with Crippen LogP contribution in [-0.4, -0.2) is 22.1 Å². The minimum Gasteiger partial charge on any atom is -0.312 e. The van der Waals surface area contributed by atoms with Crippen LogP contribution in [0.5, 0.6) is 0 Å². The maximum atomic E-state index is 4.33. The molecule has 0 atom stereocenters. The molecule has 0 fully saturated rings. The zero-order valence-electron chi connectivity index (χ0n) is 10.9. The largest absolute Gasteiger partial charge is 0.312 e. The smallest absolute Gasteiger partial charge is 0.0939 e. The number of aromatic nitrogens is 2. The Bertz CT molecular complexity index is 479. The number of hydrogen-bond acceptors (Lipinski definition) is 3. The fourth-order valence-corrected chi connectivity index (χ4v) is 2.72. The summed E-state index contributed by atoms with van der Waals surface area (Å²) in [5.41, 5.74) is 2.41. The molecular weight excluding hydrogens is 242 g/mol. The monoisotopic (exact) mass is 261 g/mol. The van der Waals surface area contributed by atoms with Crippen molar-refractivity contribution >= 4 is 11.8 Å². The van der Waals surface area contributed by atoms with Crippen molar-refractivity contribution in [3.8, 4) is 0 Å². The van der Waals surface area contributed by atoms with Crippen molar-refractivity contribution in [2.45, 2.75) is 18.5 Å². The Hall–Kier alpha value is -1.26. The van der Waals surface area contributed by atoms with Gasteiger partial charge in [-0.2, -0.15) is 5.10 Å². The molecule has 0 unspecified atom stereocenters. The van der Waals surface area contributed by atoms with Crippen molar-refractivity contribution in [2.75, 3.05) is 12.3 Å². The third-order valence-electron chi connectivity index (χ3n) is 2.66. The first-order valence-corrected chi connectivity index (χ1v) is 7.12. The van der Waals surface area contributed by atoms with Crippen LogP contribution in [-0.2, 0) is 13.6 Å². The molecule has 1 aromatic carbocycles. The summed E-state index contributed by atoms with van der Waals surface area (Å²) in [7, 11) is 1.99. The van der Waals surface area contributed by atoms with Crippen LogP contribution >= 0.6 is 11.8 Å². The highest BCUT2D eigenvalue weighted by molar-refractivity contribution is 7.99. The summed E-state index contributed by atoms with van der Waals surface area (Å²) in [5, 5.41) is 9.01. The van der Waals surface area contributed by atoms with Crippen LogP contribution in [0.3, 0.4) is 0 Å². The molecular formula is C14H19N3S. The van der Waals surface area contributed by atoms with Crippen molar-refractivity contribution in [3.63, 3.8) is 0 Å². The molecule has 0 spiro atoms. The molecule has 2 rings (SSSR count). The highest BCUT2D eigenvalue weighted by Crippen LogP contribution is 2.17. The van der Waals surface area contributed by atoms with E-state index in [1.54, 1.807) is 0 Å². The highest BCUT2D eigenvalue weighted by Gasteiger charge is 2.01. The van der Waals surface area contributed by atoms with E-state index < -0.39 is 0 Å². The molecule has 0 saturated carbocycles. The number of thioether (sulfide) groups is 1. The van der Waals surface area contributed by atoms with Gasteiger partial charge in [0.15, 0.2) is 0 Å². The van der Waals surface area contributed by atoms with E-state index in [-0.39, 0.29) is 0 Å². The standard InChI is InChI=1S/C14H19N3S/c1-12-10-14(17(2)16-12)18-9-8-15-11-13-6-4-3-5-7-13/h3-7,10,15H,8-9,11H2,1-2H3. The van der Waals surface area contributed by atoms with Crippen LogP contribution in [0.4, 0.5) is 0 Å². The van der Waals surface area contributed by atoms with Crippen LogP contribution in [0.15, 0.2) is 41.4 Å². The second kappa shape index (κ2) is 6.61. The van der Waals surface area contributed by atoms with Gasteiger partial charge in [-0.3, -0.25) is 4.68 Å². The summed E-state index contributed by atoms with van der Waals surface area (Å²) < 4.78 is 1.94. The molecule has 0 aliphatic rings. The fourth-order valence-electron chi connectivity index (χ4n) is 1.78. The molecule has 2 aromatic rings. The highest BCUT2D eigenvalue weighted by atomic mass is 32.2. The van der Waals surface area contributed by atoms with E-state index in [9.17, 15) is 0 Å². The molecule has 1 heterocycles. The Morgan fingerprint density at radius 2 is 2.06 bits per heavy atom. The normalized spacial score (nSPS) is 10.8. The molecule has 1 N–H and O–H groups in total. The third kappa shape index (κ3) is 3.89.